The van der Waals surface area contributed by atoms with Gasteiger partial charge in [-0.25, -0.2) is 17.9 Å². The number of aromatic carboxylic acids is 1. The van der Waals surface area contributed by atoms with E-state index in [1.54, 1.807) is 39.8 Å². The second-order valence-electron chi connectivity index (χ2n) is 9.17. The van der Waals surface area contributed by atoms with Gasteiger partial charge in [0, 0.05) is 23.2 Å². The number of benzene rings is 2. The predicted octanol–water partition coefficient (Wildman–Crippen LogP) is 4.65. The average molecular weight is 529 g/mol. The summed E-state index contributed by atoms with van der Waals surface area (Å²) in [5, 5.41) is 16.6. The topological polar surface area (TPSA) is 140 Å². The minimum atomic E-state index is -4.08. The van der Waals surface area contributed by atoms with Crippen LogP contribution >= 0.6 is 0 Å². The third-order valence-electron chi connectivity index (χ3n) is 5.75. The standard InChI is InChI=1S/C26H32N4O6S/c1-7-17(5)29-37(34,35)22-14-19(27-24(31)15(2)3)10-13-21(22)36-25-18(6)23(26(32)33)28-30(25)20-11-8-16(4)9-12-20/h8-15,17,29H,7H2,1-6H3,(H,27,31)(H,32,33)/t17-/m0/s1. The van der Waals surface area contributed by atoms with Crippen LogP contribution in [0.15, 0.2) is 47.4 Å². The fourth-order valence-corrected chi connectivity index (χ4v) is 4.83. The van der Waals surface area contributed by atoms with E-state index in [1.165, 1.54) is 22.9 Å². The van der Waals surface area contributed by atoms with Crippen molar-refractivity contribution in [3.05, 3.63) is 59.3 Å². The maximum Gasteiger partial charge on any atom is 0.356 e. The van der Waals surface area contributed by atoms with E-state index < -0.39 is 16.0 Å². The van der Waals surface area contributed by atoms with Crippen molar-refractivity contribution < 1.29 is 27.9 Å². The van der Waals surface area contributed by atoms with Gasteiger partial charge in [-0.15, -0.1) is 0 Å². The Labute approximate surface area is 216 Å². The average Bonchev–Trinajstić information content (AvgIpc) is 3.16. The van der Waals surface area contributed by atoms with Gasteiger partial charge in [-0.3, -0.25) is 4.79 Å². The Morgan fingerprint density at radius 3 is 2.30 bits per heavy atom. The second kappa shape index (κ2) is 11.1. The van der Waals surface area contributed by atoms with Gasteiger partial charge in [0.15, 0.2) is 5.69 Å². The van der Waals surface area contributed by atoms with Gasteiger partial charge in [0.2, 0.25) is 21.8 Å². The monoisotopic (exact) mass is 528 g/mol. The van der Waals surface area contributed by atoms with Gasteiger partial charge in [0.1, 0.15) is 10.6 Å². The zero-order valence-electron chi connectivity index (χ0n) is 21.7. The summed E-state index contributed by atoms with van der Waals surface area (Å²) < 4.78 is 36.7. The quantitative estimate of drug-likeness (QED) is 0.348. The van der Waals surface area contributed by atoms with Crippen LogP contribution in [0.25, 0.3) is 5.69 Å². The molecule has 1 atom stereocenters. The van der Waals surface area contributed by atoms with Crippen molar-refractivity contribution in [3.63, 3.8) is 0 Å². The van der Waals surface area contributed by atoms with Gasteiger partial charge in [-0.2, -0.15) is 9.78 Å². The van der Waals surface area contributed by atoms with E-state index in [-0.39, 0.29) is 51.3 Å². The molecule has 0 aliphatic heterocycles. The summed E-state index contributed by atoms with van der Waals surface area (Å²) >= 11 is 0. The molecule has 1 amide bonds. The Hall–Kier alpha value is -3.70. The smallest absolute Gasteiger partial charge is 0.356 e. The molecule has 0 fully saturated rings. The number of hydrogen-bond donors (Lipinski definition) is 3. The number of nitrogens with zero attached hydrogens (tertiary/aromatic N) is 2. The lowest BCUT2D eigenvalue weighted by molar-refractivity contribution is -0.118. The second-order valence-corrected chi connectivity index (χ2v) is 10.9. The molecule has 3 rings (SSSR count). The predicted molar refractivity (Wildman–Crippen MR) is 140 cm³/mol. The van der Waals surface area contributed by atoms with Crippen LogP contribution in [-0.2, 0) is 14.8 Å². The number of ether oxygens (including phenoxy) is 1. The van der Waals surface area contributed by atoms with Crippen molar-refractivity contribution in [2.24, 2.45) is 5.92 Å². The molecule has 1 aromatic heterocycles. The highest BCUT2D eigenvalue weighted by atomic mass is 32.2. The maximum absolute atomic E-state index is 13.4. The number of carboxylic acids is 1. The van der Waals surface area contributed by atoms with Crippen molar-refractivity contribution in [2.45, 2.75) is 58.9 Å². The number of sulfonamides is 1. The Morgan fingerprint density at radius 1 is 1.08 bits per heavy atom. The van der Waals surface area contributed by atoms with Crippen molar-refractivity contribution in [1.82, 2.24) is 14.5 Å². The van der Waals surface area contributed by atoms with Crippen molar-refractivity contribution in [1.29, 1.82) is 0 Å². The van der Waals surface area contributed by atoms with Crippen LogP contribution in [0.2, 0.25) is 0 Å². The third-order valence-corrected chi connectivity index (χ3v) is 7.36. The van der Waals surface area contributed by atoms with Gasteiger partial charge in [-0.05, 0) is 57.5 Å². The van der Waals surface area contributed by atoms with Gasteiger partial charge >= 0.3 is 5.97 Å². The molecule has 0 aliphatic carbocycles. The van der Waals surface area contributed by atoms with Crippen LogP contribution in [0.5, 0.6) is 11.6 Å². The van der Waals surface area contributed by atoms with Crippen LogP contribution in [0.4, 0.5) is 5.69 Å². The van der Waals surface area contributed by atoms with Crippen LogP contribution in [-0.4, -0.2) is 41.2 Å². The fraction of sp³-hybridized carbons (Fsp3) is 0.346. The molecular formula is C26H32N4O6S. The van der Waals surface area contributed by atoms with E-state index in [2.05, 4.69) is 15.1 Å². The summed E-state index contributed by atoms with van der Waals surface area (Å²) in [4.78, 5) is 23.9. The number of aromatic nitrogens is 2. The number of anilines is 1. The van der Waals surface area contributed by atoms with Crippen LogP contribution in [0, 0.1) is 19.8 Å². The molecule has 2 aromatic carbocycles. The van der Waals surface area contributed by atoms with Gasteiger partial charge in [0.05, 0.1) is 5.69 Å². The molecule has 0 saturated carbocycles. The van der Waals surface area contributed by atoms with Gasteiger partial charge < -0.3 is 15.2 Å². The van der Waals surface area contributed by atoms with Crippen molar-refractivity contribution in [3.8, 4) is 17.3 Å². The number of rotatable bonds is 10. The largest absolute Gasteiger partial charge is 0.476 e. The number of carbonyl (C=O) groups excluding carboxylic acids is 1. The lowest BCUT2D eigenvalue weighted by Crippen LogP contribution is -2.32. The van der Waals surface area contributed by atoms with E-state index in [0.29, 0.717) is 12.1 Å². The molecule has 0 aliphatic rings. The highest BCUT2D eigenvalue weighted by Gasteiger charge is 2.27. The number of nitrogens with one attached hydrogen (secondary N) is 2. The first-order valence-electron chi connectivity index (χ1n) is 11.9. The van der Waals surface area contributed by atoms with E-state index in [4.69, 9.17) is 4.74 Å². The van der Waals surface area contributed by atoms with Crippen molar-refractivity contribution in [2.75, 3.05) is 5.32 Å². The molecule has 0 spiro atoms. The highest BCUT2D eigenvalue weighted by molar-refractivity contribution is 7.89. The molecule has 10 nitrogen and oxygen atoms in total. The first-order valence-corrected chi connectivity index (χ1v) is 13.4. The molecule has 37 heavy (non-hydrogen) atoms. The first-order chi connectivity index (χ1) is 17.3. The number of amides is 1. The number of carbonyl (C=O) groups is 2. The zero-order chi connectivity index (χ0) is 27.5. The van der Waals surface area contributed by atoms with Crippen LogP contribution in [0.3, 0.4) is 0 Å². The Balaban J connectivity index is 2.17. The van der Waals surface area contributed by atoms with E-state index >= 15 is 0 Å². The molecule has 3 aromatic rings. The van der Waals surface area contributed by atoms with E-state index in [1.807, 2.05) is 26.0 Å². The van der Waals surface area contributed by atoms with Crippen molar-refractivity contribution >= 4 is 27.6 Å². The third kappa shape index (κ3) is 6.36. The van der Waals surface area contributed by atoms with E-state index in [0.717, 1.165) is 5.56 Å². The summed E-state index contributed by atoms with van der Waals surface area (Å²) in [6, 6.07) is 11.1. The molecule has 198 valence electrons. The zero-order valence-corrected chi connectivity index (χ0v) is 22.5. The van der Waals surface area contributed by atoms with Gasteiger partial charge in [0.25, 0.3) is 0 Å². The number of aryl methyl sites for hydroxylation is 1. The SMILES string of the molecule is CC[C@H](C)NS(=O)(=O)c1cc(NC(=O)C(C)C)ccc1Oc1c(C)c(C(=O)O)nn1-c1ccc(C)cc1. The molecule has 3 N–H and O–H groups in total. The summed E-state index contributed by atoms with van der Waals surface area (Å²) in [6.07, 6.45) is 0.556. The highest BCUT2D eigenvalue weighted by Crippen LogP contribution is 2.35. The van der Waals surface area contributed by atoms with Gasteiger partial charge in [-0.1, -0.05) is 38.5 Å². The molecule has 11 heteroatoms. The molecular weight excluding hydrogens is 496 g/mol. The van der Waals surface area contributed by atoms with Crippen LogP contribution in [0.1, 0.15) is 55.7 Å². The Morgan fingerprint density at radius 2 is 1.73 bits per heavy atom. The molecule has 0 radical (unpaired) electrons. The summed E-state index contributed by atoms with van der Waals surface area (Å²) in [7, 11) is -4.08. The lowest BCUT2D eigenvalue weighted by atomic mass is 10.2. The first kappa shape index (κ1) is 27.9. The Kier molecular flexibility index (Phi) is 8.39. The molecule has 0 bridgehead atoms. The van der Waals surface area contributed by atoms with Crippen LogP contribution < -0.4 is 14.8 Å². The summed E-state index contributed by atoms with van der Waals surface area (Å²) in [6.45, 7) is 10.5. The molecule has 1 heterocycles. The Bertz CT molecular complexity index is 1410. The molecule has 0 unspecified atom stereocenters. The van der Waals surface area contributed by atoms with E-state index in [9.17, 15) is 23.1 Å². The molecule has 0 saturated heterocycles. The lowest BCUT2D eigenvalue weighted by Gasteiger charge is -2.18. The summed E-state index contributed by atoms with van der Waals surface area (Å²) in [5.41, 5.74) is 1.82. The fourth-order valence-electron chi connectivity index (χ4n) is 3.35. The minimum absolute atomic E-state index is 0.0494. The normalized spacial score (nSPS) is 12.4. The summed E-state index contributed by atoms with van der Waals surface area (Å²) in [5.74, 6) is -1.82. The maximum atomic E-state index is 13.4. The number of carboxylic acid groups (broad SMARTS) is 1. The number of hydrogen-bond acceptors (Lipinski definition) is 6. The minimum Gasteiger partial charge on any atom is -0.476 e.